The summed E-state index contributed by atoms with van der Waals surface area (Å²) in [6.07, 6.45) is 0.810. The van der Waals surface area contributed by atoms with Gasteiger partial charge in [0, 0.05) is 6.42 Å². The Bertz CT molecular complexity index is 318. The zero-order valence-electron chi connectivity index (χ0n) is 7.93. The van der Waals surface area contributed by atoms with Crippen molar-refractivity contribution in [1.29, 1.82) is 0 Å². The smallest absolute Gasteiger partial charge is 0.122 e. The van der Waals surface area contributed by atoms with E-state index in [0.29, 0.717) is 0 Å². The number of benzene rings is 1. The molecular formula is C11H13BrO. The fourth-order valence-corrected chi connectivity index (χ4v) is 1.55. The molecule has 0 atom stereocenters. The van der Waals surface area contributed by atoms with E-state index in [2.05, 4.69) is 35.5 Å². The molecule has 0 bridgehead atoms. The molecule has 0 aliphatic heterocycles. The predicted molar refractivity (Wildman–Crippen MR) is 59.5 cm³/mol. The van der Waals surface area contributed by atoms with E-state index >= 15 is 0 Å². The standard InChI is InChI=1S/C11H13BrO/c1-8-4-5-11(13-3)10(6-8)7-9(2)12/h4-6H,2,7H2,1,3H3. The number of halogens is 1. The van der Waals surface area contributed by atoms with E-state index in [1.165, 1.54) is 11.1 Å². The molecule has 0 aliphatic carbocycles. The minimum atomic E-state index is 0.810. The fourth-order valence-electron chi connectivity index (χ4n) is 1.25. The Balaban J connectivity index is 3.01. The zero-order valence-corrected chi connectivity index (χ0v) is 9.52. The van der Waals surface area contributed by atoms with Crippen LogP contribution in [0.2, 0.25) is 0 Å². The van der Waals surface area contributed by atoms with Gasteiger partial charge in [-0.2, -0.15) is 0 Å². The first-order valence-electron chi connectivity index (χ1n) is 4.10. The highest BCUT2D eigenvalue weighted by molar-refractivity contribution is 9.11. The SMILES string of the molecule is C=C(Br)Cc1cc(C)ccc1OC. The second kappa shape index (κ2) is 4.47. The molecule has 0 radical (unpaired) electrons. The average Bonchev–Trinajstić information content (AvgIpc) is 2.03. The number of rotatable bonds is 3. The van der Waals surface area contributed by atoms with Crippen LogP contribution in [-0.2, 0) is 6.42 Å². The van der Waals surface area contributed by atoms with Gasteiger partial charge in [-0.15, -0.1) is 0 Å². The van der Waals surface area contributed by atoms with Crippen LogP contribution in [0.5, 0.6) is 5.75 Å². The summed E-state index contributed by atoms with van der Waals surface area (Å²) in [5.74, 6) is 0.922. The summed E-state index contributed by atoms with van der Waals surface area (Å²) in [5, 5.41) is 0. The van der Waals surface area contributed by atoms with E-state index in [0.717, 1.165) is 16.7 Å². The van der Waals surface area contributed by atoms with Crippen LogP contribution >= 0.6 is 15.9 Å². The molecule has 70 valence electrons. The van der Waals surface area contributed by atoms with Crippen molar-refractivity contribution in [3.63, 3.8) is 0 Å². The maximum Gasteiger partial charge on any atom is 0.122 e. The number of allylic oxidation sites excluding steroid dienone is 1. The Hall–Kier alpha value is -0.760. The highest BCUT2D eigenvalue weighted by Gasteiger charge is 2.03. The molecule has 0 amide bonds. The van der Waals surface area contributed by atoms with E-state index in [1.807, 2.05) is 12.1 Å². The first-order valence-corrected chi connectivity index (χ1v) is 4.89. The Morgan fingerprint density at radius 2 is 2.23 bits per heavy atom. The van der Waals surface area contributed by atoms with Crippen molar-refractivity contribution < 1.29 is 4.74 Å². The van der Waals surface area contributed by atoms with Crippen molar-refractivity contribution in [3.05, 3.63) is 40.4 Å². The number of hydrogen-bond donors (Lipinski definition) is 0. The normalized spacial score (nSPS) is 9.77. The third-order valence-corrected chi connectivity index (χ3v) is 2.10. The number of ether oxygens (including phenoxy) is 1. The Labute approximate surface area is 87.5 Å². The lowest BCUT2D eigenvalue weighted by Gasteiger charge is -2.08. The third-order valence-electron chi connectivity index (χ3n) is 1.82. The molecule has 0 saturated heterocycles. The molecule has 1 aromatic rings. The summed E-state index contributed by atoms with van der Waals surface area (Å²) in [6, 6.07) is 6.14. The summed E-state index contributed by atoms with van der Waals surface area (Å²) in [7, 11) is 1.69. The topological polar surface area (TPSA) is 9.23 Å². The van der Waals surface area contributed by atoms with Gasteiger partial charge in [-0.05, 0) is 23.0 Å². The molecule has 0 fully saturated rings. The van der Waals surface area contributed by atoms with Gasteiger partial charge in [0.25, 0.3) is 0 Å². The highest BCUT2D eigenvalue weighted by Crippen LogP contribution is 2.23. The second-order valence-electron chi connectivity index (χ2n) is 3.01. The second-order valence-corrected chi connectivity index (χ2v) is 4.13. The Morgan fingerprint density at radius 3 is 2.77 bits per heavy atom. The minimum absolute atomic E-state index is 0.810. The summed E-state index contributed by atoms with van der Waals surface area (Å²) in [4.78, 5) is 0. The lowest BCUT2D eigenvalue weighted by atomic mass is 10.1. The van der Waals surface area contributed by atoms with Gasteiger partial charge in [0.05, 0.1) is 7.11 Å². The zero-order chi connectivity index (χ0) is 9.84. The van der Waals surface area contributed by atoms with Crippen molar-refractivity contribution >= 4 is 15.9 Å². The van der Waals surface area contributed by atoms with Crippen molar-refractivity contribution in [1.82, 2.24) is 0 Å². The van der Waals surface area contributed by atoms with Crippen LogP contribution in [0.4, 0.5) is 0 Å². The molecule has 1 nitrogen and oxygen atoms in total. The predicted octanol–water partition coefficient (Wildman–Crippen LogP) is 3.45. The molecule has 13 heavy (non-hydrogen) atoms. The number of aryl methyl sites for hydroxylation is 1. The van der Waals surface area contributed by atoms with Crippen molar-refractivity contribution in [2.45, 2.75) is 13.3 Å². The van der Waals surface area contributed by atoms with E-state index in [9.17, 15) is 0 Å². The fraction of sp³-hybridized carbons (Fsp3) is 0.273. The van der Waals surface area contributed by atoms with Gasteiger partial charge in [-0.3, -0.25) is 0 Å². The molecular weight excluding hydrogens is 228 g/mol. The quantitative estimate of drug-likeness (QED) is 0.787. The van der Waals surface area contributed by atoms with Crippen LogP contribution in [0.15, 0.2) is 29.3 Å². The molecule has 0 heterocycles. The maximum absolute atomic E-state index is 5.24. The number of hydrogen-bond acceptors (Lipinski definition) is 1. The molecule has 0 aromatic heterocycles. The van der Waals surface area contributed by atoms with E-state index < -0.39 is 0 Å². The van der Waals surface area contributed by atoms with Crippen molar-refractivity contribution in [2.24, 2.45) is 0 Å². The van der Waals surface area contributed by atoms with Crippen LogP contribution < -0.4 is 4.74 Å². The van der Waals surface area contributed by atoms with Gasteiger partial charge >= 0.3 is 0 Å². The molecule has 0 N–H and O–H groups in total. The summed E-state index contributed by atoms with van der Waals surface area (Å²) >= 11 is 3.35. The van der Waals surface area contributed by atoms with Crippen molar-refractivity contribution in [2.75, 3.05) is 7.11 Å². The van der Waals surface area contributed by atoms with Crippen LogP contribution in [0, 0.1) is 6.92 Å². The molecule has 1 rings (SSSR count). The van der Waals surface area contributed by atoms with Crippen molar-refractivity contribution in [3.8, 4) is 5.75 Å². The largest absolute Gasteiger partial charge is 0.496 e. The van der Waals surface area contributed by atoms with Crippen LogP contribution in [0.1, 0.15) is 11.1 Å². The van der Waals surface area contributed by atoms with Crippen LogP contribution in [-0.4, -0.2) is 7.11 Å². The summed E-state index contributed by atoms with van der Waals surface area (Å²) in [5.41, 5.74) is 2.41. The molecule has 1 aromatic carbocycles. The lowest BCUT2D eigenvalue weighted by molar-refractivity contribution is 0.410. The van der Waals surface area contributed by atoms with Gasteiger partial charge in [-0.1, -0.05) is 40.2 Å². The number of methoxy groups -OCH3 is 1. The Kier molecular flexibility index (Phi) is 3.55. The molecule has 0 unspecified atom stereocenters. The highest BCUT2D eigenvalue weighted by atomic mass is 79.9. The monoisotopic (exact) mass is 240 g/mol. The van der Waals surface area contributed by atoms with Gasteiger partial charge < -0.3 is 4.74 Å². The third kappa shape index (κ3) is 2.88. The molecule has 2 heteroatoms. The molecule has 0 aliphatic rings. The first kappa shape index (κ1) is 10.3. The summed E-state index contributed by atoms with van der Waals surface area (Å²) in [6.45, 7) is 5.89. The van der Waals surface area contributed by atoms with Gasteiger partial charge in [-0.25, -0.2) is 0 Å². The van der Waals surface area contributed by atoms with Gasteiger partial charge in [0.2, 0.25) is 0 Å². The first-order chi connectivity index (χ1) is 6.13. The van der Waals surface area contributed by atoms with E-state index in [-0.39, 0.29) is 0 Å². The van der Waals surface area contributed by atoms with Crippen LogP contribution in [0.3, 0.4) is 0 Å². The lowest BCUT2D eigenvalue weighted by Crippen LogP contribution is -1.92. The summed E-state index contributed by atoms with van der Waals surface area (Å²) < 4.78 is 6.21. The average molecular weight is 241 g/mol. The Morgan fingerprint density at radius 1 is 1.54 bits per heavy atom. The van der Waals surface area contributed by atoms with E-state index in [1.54, 1.807) is 7.11 Å². The molecule has 0 saturated carbocycles. The molecule has 0 spiro atoms. The van der Waals surface area contributed by atoms with Gasteiger partial charge in [0.15, 0.2) is 0 Å². The maximum atomic E-state index is 5.24. The van der Waals surface area contributed by atoms with E-state index in [4.69, 9.17) is 4.74 Å². The minimum Gasteiger partial charge on any atom is -0.496 e. The van der Waals surface area contributed by atoms with Gasteiger partial charge in [0.1, 0.15) is 5.75 Å². The van der Waals surface area contributed by atoms with Crippen LogP contribution in [0.25, 0.3) is 0 Å².